The maximum Gasteiger partial charge on any atom is 0.244 e. The smallest absolute Gasteiger partial charge is 0.244 e. The first-order valence-electron chi connectivity index (χ1n) is 5.53. The SMILES string of the molecule is CCCC(C)(N)C(=O)Nc1cc(F)c(I)c(F)c1. The minimum absolute atomic E-state index is 0.0724. The number of benzene rings is 1. The van der Waals surface area contributed by atoms with E-state index in [1.165, 1.54) is 0 Å². The molecule has 100 valence electrons. The Labute approximate surface area is 118 Å². The molecule has 0 aliphatic carbocycles. The monoisotopic (exact) mass is 368 g/mol. The van der Waals surface area contributed by atoms with Crippen molar-refractivity contribution in [1.29, 1.82) is 0 Å². The summed E-state index contributed by atoms with van der Waals surface area (Å²) in [6.07, 6.45) is 1.24. The molecule has 1 aromatic rings. The molecule has 18 heavy (non-hydrogen) atoms. The Hall–Kier alpha value is -0.760. The zero-order valence-corrected chi connectivity index (χ0v) is 12.3. The van der Waals surface area contributed by atoms with Gasteiger partial charge < -0.3 is 11.1 Å². The molecular weight excluding hydrogens is 353 g/mol. The van der Waals surface area contributed by atoms with Crippen LogP contribution >= 0.6 is 22.6 Å². The lowest BCUT2D eigenvalue weighted by Gasteiger charge is -2.22. The van der Waals surface area contributed by atoms with E-state index in [4.69, 9.17) is 5.73 Å². The topological polar surface area (TPSA) is 55.1 Å². The molecular formula is C12H15F2IN2O. The summed E-state index contributed by atoms with van der Waals surface area (Å²) in [5.41, 5.74) is 4.85. The summed E-state index contributed by atoms with van der Waals surface area (Å²) in [5, 5.41) is 2.43. The van der Waals surface area contributed by atoms with E-state index in [1.54, 1.807) is 29.5 Å². The van der Waals surface area contributed by atoms with Crippen molar-refractivity contribution < 1.29 is 13.6 Å². The third kappa shape index (κ3) is 3.61. The number of nitrogens with two attached hydrogens (primary N) is 1. The molecule has 0 radical (unpaired) electrons. The second-order valence-electron chi connectivity index (χ2n) is 4.38. The van der Waals surface area contributed by atoms with Crippen LogP contribution in [0.1, 0.15) is 26.7 Å². The second-order valence-corrected chi connectivity index (χ2v) is 5.45. The average Bonchev–Trinajstić information content (AvgIpc) is 2.25. The molecule has 1 unspecified atom stereocenters. The first-order valence-corrected chi connectivity index (χ1v) is 6.60. The highest BCUT2D eigenvalue weighted by atomic mass is 127. The van der Waals surface area contributed by atoms with Crippen LogP contribution in [0.2, 0.25) is 0 Å². The first-order chi connectivity index (χ1) is 8.27. The molecule has 0 saturated heterocycles. The van der Waals surface area contributed by atoms with Crippen molar-refractivity contribution in [2.45, 2.75) is 32.2 Å². The van der Waals surface area contributed by atoms with Crippen molar-refractivity contribution in [3.8, 4) is 0 Å². The van der Waals surface area contributed by atoms with Crippen molar-refractivity contribution in [3.05, 3.63) is 27.3 Å². The van der Waals surface area contributed by atoms with Crippen LogP contribution in [0.5, 0.6) is 0 Å². The third-order valence-electron chi connectivity index (χ3n) is 2.53. The Morgan fingerprint density at radius 2 is 1.94 bits per heavy atom. The molecule has 1 amide bonds. The van der Waals surface area contributed by atoms with Crippen molar-refractivity contribution in [2.75, 3.05) is 5.32 Å². The highest BCUT2D eigenvalue weighted by molar-refractivity contribution is 14.1. The van der Waals surface area contributed by atoms with E-state index in [9.17, 15) is 13.6 Å². The van der Waals surface area contributed by atoms with Gasteiger partial charge in [-0.3, -0.25) is 4.79 Å². The minimum atomic E-state index is -1.05. The number of anilines is 1. The molecule has 6 heteroatoms. The molecule has 3 nitrogen and oxygen atoms in total. The maximum absolute atomic E-state index is 13.3. The van der Waals surface area contributed by atoms with Gasteiger partial charge in [0.25, 0.3) is 0 Å². The molecule has 0 heterocycles. The van der Waals surface area contributed by atoms with E-state index in [1.807, 2.05) is 6.92 Å². The summed E-state index contributed by atoms with van der Waals surface area (Å²) in [7, 11) is 0. The van der Waals surface area contributed by atoms with Gasteiger partial charge in [-0.05, 0) is 48.1 Å². The van der Waals surface area contributed by atoms with Gasteiger partial charge in [0, 0.05) is 5.69 Å². The van der Waals surface area contributed by atoms with Crippen LogP contribution in [-0.4, -0.2) is 11.4 Å². The predicted octanol–water partition coefficient (Wildman–Crippen LogP) is 3.03. The zero-order valence-electron chi connectivity index (χ0n) is 10.2. The Morgan fingerprint density at radius 1 is 1.44 bits per heavy atom. The molecule has 0 spiro atoms. The normalized spacial score (nSPS) is 14.1. The molecule has 3 N–H and O–H groups in total. The van der Waals surface area contributed by atoms with Crippen LogP contribution in [0.4, 0.5) is 14.5 Å². The third-order valence-corrected chi connectivity index (χ3v) is 3.56. The maximum atomic E-state index is 13.3. The van der Waals surface area contributed by atoms with Crippen LogP contribution in [0, 0.1) is 15.2 Å². The molecule has 0 bridgehead atoms. The summed E-state index contributed by atoms with van der Waals surface area (Å²) >= 11 is 1.56. The molecule has 1 aromatic carbocycles. The van der Waals surface area contributed by atoms with Gasteiger partial charge in [-0.1, -0.05) is 13.3 Å². The van der Waals surface area contributed by atoms with E-state index < -0.39 is 23.1 Å². The number of carbonyl (C=O) groups is 1. The molecule has 1 atom stereocenters. The van der Waals surface area contributed by atoms with Gasteiger partial charge in [-0.2, -0.15) is 0 Å². The lowest BCUT2D eigenvalue weighted by Crippen LogP contribution is -2.48. The van der Waals surface area contributed by atoms with E-state index >= 15 is 0 Å². The van der Waals surface area contributed by atoms with Crippen LogP contribution in [0.3, 0.4) is 0 Å². The molecule has 0 aliphatic heterocycles. The van der Waals surface area contributed by atoms with Gasteiger partial charge in [-0.25, -0.2) is 8.78 Å². The fourth-order valence-corrected chi connectivity index (χ4v) is 1.85. The van der Waals surface area contributed by atoms with E-state index in [0.717, 1.165) is 18.6 Å². The fraction of sp³-hybridized carbons (Fsp3) is 0.417. The number of carbonyl (C=O) groups excluding carboxylic acids is 1. The first kappa shape index (κ1) is 15.3. The summed E-state index contributed by atoms with van der Waals surface area (Å²) in [5.74, 6) is -1.87. The number of hydrogen-bond donors (Lipinski definition) is 2. The van der Waals surface area contributed by atoms with Crippen molar-refractivity contribution in [1.82, 2.24) is 0 Å². The molecule has 0 aromatic heterocycles. The van der Waals surface area contributed by atoms with Gasteiger partial charge in [0.1, 0.15) is 11.6 Å². The number of halogens is 3. The van der Waals surface area contributed by atoms with E-state index in [2.05, 4.69) is 5.32 Å². The Kier molecular flexibility index (Phi) is 5.03. The average molecular weight is 368 g/mol. The lowest BCUT2D eigenvalue weighted by atomic mass is 9.96. The minimum Gasteiger partial charge on any atom is -0.324 e. The van der Waals surface area contributed by atoms with Crippen LogP contribution in [0.25, 0.3) is 0 Å². The van der Waals surface area contributed by atoms with E-state index in [0.29, 0.717) is 6.42 Å². The number of hydrogen-bond acceptors (Lipinski definition) is 2. The Morgan fingerprint density at radius 3 is 2.39 bits per heavy atom. The zero-order chi connectivity index (χ0) is 13.9. The fourth-order valence-electron chi connectivity index (χ4n) is 1.53. The second kappa shape index (κ2) is 5.92. The van der Waals surface area contributed by atoms with Gasteiger partial charge in [0.2, 0.25) is 5.91 Å². The molecule has 0 fully saturated rings. The summed E-state index contributed by atoms with van der Waals surface area (Å²) in [4.78, 5) is 11.8. The van der Waals surface area contributed by atoms with Gasteiger partial charge in [0.05, 0.1) is 9.11 Å². The summed E-state index contributed by atoms with van der Waals surface area (Å²) < 4.78 is 26.5. The van der Waals surface area contributed by atoms with Crippen molar-refractivity contribution in [3.63, 3.8) is 0 Å². The highest BCUT2D eigenvalue weighted by Crippen LogP contribution is 2.21. The lowest BCUT2D eigenvalue weighted by molar-refractivity contribution is -0.120. The number of amides is 1. The summed E-state index contributed by atoms with van der Waals surface area (Å²) in [6, 6.07) is 2.15. The van der Waals surface area contributed by atoms with Gasteiger partial charge in [0.15, 0.2) is 0 Å². The highest BCUT2D eigenvalue weighted by Gasteiger charge is 2.27. The van der Waals surface area contributed by atoms with Gasteiger partial charge in [-0.15, -0.1) is 0 Å². The number of rotatable bonds is 4. The molecule has 1 rings (SSSR count). The Bertz CT molecular complexity index is 440. The molecule has 0 saturated carbocycles. The summed E-state index contributed by atoms with van der Waals surface area (Å²) in [6.45, 7) is 3.49. The van der Waals surface area contributed by atoms with Crippen LogP contribution in [-0.2, 0) is 4.79 Å². The standard InChI is InChI=1S/C12H15F2IN2O/c1-3-4-12(2,16)11(18)17-7-5-8(13)10(15)9(14)6-7/h5-6H,3-4,16H2,1-2H3,(H,17,18). The van der Waals surface area contributed by atoms with Gasteiger partial charge >= 0.3 is 0 Å². The number of nitrogens with one attached hydrogen (secondary N) is 1. The van der Waals surface area contributed by atoms with Crippen LogP contribution < -0.4 is 11.1 Å². The van der Waals surface area contributed by atoms with E-state index in [-0.39, 0.29) is 9.26 Å². The quantitative estimate of drug-likeness (QED) is 0.634. The molecule has 0 aliphatic rings. The predicted molar refractivity (Wildman–Crippen MR) is 75.2 cm³/mol. The Balaban J connectivity index is 2.89. The van der Waals surface area contributed by atoms with Crippen molar-refractivity contribution in [2.24, 2.45) is 5.73 Å². The van der Waals surface area contributed by atoms with Crippen LogP contribution in [0.15, 0.2) is 12.1 Å². The van der Waals surface area contributed by atoms with Crippen molar-refractivity contribution >= 4 is 34.2 Å². The largest absolute Gasteiger partial charge is 0.324 e.